The van der Waals surface area contributed by atoms with Gasteiger partial charge in [0.2, 0.25) is 0 Å². The van der Waals surface area contributed by atoms with Crippen molar-refractivity contribution in [3.05, 3.63) is 29.3 Å². The molecule has 1 heterocycles. The maximum atomic E-state index is 6.08. The molecule has 1 aromatic carbocycles. The predicted octanol–water partition coefficient (Wildman–Crippen LogP) is 2.45. The van der Waals surface area contributed by atoms with Crippen molar-refractivity contribution in [3.63, 3.8) is 0 Å². The second-order valence-corrected chi connectivity index (χ2v) is 3.93. The van der Waals surface area contributed by atoms with E-state index < -0.39 is 0 Å². The van der Waals surface area contributed by atoms with Crippen molar-refractivity contribution in [2.24, 2.45) is 5.73 Å². The Kier molecular flexibility index (Phi) is 2.73. The lowest BCUT2D eigenvalue weighted by Crippen LogP contribution is -2.18. The maximum Gasteiger partial charge on any atom is 0.0421 e. The molecular formula is C12H18N2. The number of benzene rings is 1. The van der Waals surface area contributed by atoms with E-state index in [9.17, 15) is 0 Å². The van der Waals surface area contributed by atoms with Gasteiger partial charge in [0.15, 0.2) is 0 Å². The van der Waals surface area contributed by atoms with Crippen molar-refractivity contribution >= 4 is 5.69 Å². The number of nitrogens with two attached hydrogens (primary N) is 1. The molecule has 0 fully saturated rings. The van der Waals surface area contributed by atoms with Crippen LogP contribution < -0.4 is 11.1 Å². The van der Waals surface area contributed by atoms with E-state index in [2.05, 4.69) is 30.4 Å². The van der Waals surface area contributed by atoms with E-state index in [0.717, 1.165) is 13.0 Å². The van der Waals surface area contributed by atoms with E-state index in [1.165, 1.54) is 29.7 Å². The SMILES string of the molecule is CCC(N)c1cccc2c1NCCC2. The zero-order valence-corrected chi connectivity index (χ0v) is 8.72. The molecule has 0 amide bonds. The van der Waals surface area contributed by atoms with Crippen molar-refractivity contribution in [1.29, 1.82) is 0 Å². The van der Waals surface area contributed by atoms with Gasteiger partial charge in [-0.2, -0.15) is 0 Å². The van der Waals surface area contributed by atoms with Gasteiger partial charge in [0, 0.05) is 18.3 Å². The first-order chi connectivity index (χ1) is 6.83. The monoisotopic (exact) mass is 190 g/mol. The minimum atomic E-state index is 0.176. The summed E-state index contributed by atoms with van der Waals surface area (Å²) in [6.07, 6.45) is 3.42. The summed E-state index contributed by atoms with van der Waals surface area (Å²) in [6, 6.07) is 6.64. The zero-order valence-electron chi connectivity index (χ0n) is 8.72. The molecule has 1 atom stereocenters. The molecule has 0 radical (unpaired) electrons. The number of anilines is 1. The van der Waals surface area contributed by atoms with Crippen LogP contribution in [0.5, 0.6) is 0 Å². The number of hydrogen-bond acceptors (Lipinski definition) is 2. The average molecular weight is 190 g/mol. The van der Waals surface area contributed by atoms with E-state index in [4.69, 9.17) is 5.73 Å². The van der Waals surface area contributed by atoms with Crippen LogP contribution in [0.3, 0.4) is 0 Å². The highest BCUT2D eigenvalue weighted by Gasteiger charge is 2.15. The van der Waals surface area contributed by atoms with Crippen LogP contribution in [0.4, 0.5) is 5.69 Å². The first-order valence-electron chi connectivity index (χ1n) is 5.44. The molecule has 1 aliphatic heterocycles. The number of nitrogens with one attached hydrogen (secondary N) is 1. The second-order valence-electron chi connectivity index (χ2n) is 3.93. The highest BCUT2D eigenvalue weighted by atomic mass is 14.9. The van der Waals surface area contributed by atoms with Crippen LogP contribution in [0, 0.1) is 0 Å². The van der Waals surface area contributed by atoms with Gasteiger partial charge in [-0.3, -0.25) is 0 Å². The molecule has 0 saturated heterocycles. The minimum absolute atomic E-state index is 0.176. The summed E-state index contributed by atoms with van der Waals surface area (Å²) in [6.45, 7) is 3.22. The molecule has 1 aromatic rings. The Morgan fingerprint density at radius 1 is 1.50 bits per heavy atom. The van der Waals surface area contributed by atoms with Crippen molar-refractivity contribution in [2.45, 2.75) is 32.2 Å². The van der Waals surface area contributed by atoms with Crippen LogP contribution >= 0.6 is 0 Å². The molecule has 3 N–H and O–H groups in total. The van der Waals surface area contributed by atoms with Gasteiger partial charge in [-0.15, -0.1) is 0 Å². The van der Waals surface area contributed by atoms with Crippen molar-refractivity contribution in [3.8, 4) is 0 Å². The largest absolute Gasteiger partial charge is 0.385 e. The number of rotatable bonds is 2. The van der Waals surface area contributed by atoms with Crippen LogP contribution in [0.15, 0.2) is 18.2 Å². The number of hydrogen-bond donors (Lipinski definition) is 2. The van der Waals surface area contributed by atoms with Crippen molar-refractivity contribution < 1.29 is 0 Å². The molecule has 0 aromatic heterocycles. The van der Waals surface area contributed by atoms with Crippen LogP contribution in [0.1, 0.15) is 36.9 Å². The Labute approximate surface area is 85.5 Å². The summed E-state index contributed by atoms with van der Waals surface area (Å²) < 4.78 is 0. The minimum Gasteiger partial charge on any atom is -0.385 e. The first-order valence-corrected chi connectivity index (χ1v) is 5.44. The quantitative estimate of drug-likeness (QED) is 0.751. The molecular weight excluding hydrogens is 172 g/mol. The standard InChI is InChI=1S/C12H18N2/c1-2-11(13)10-7-3-5-9-6-4-8-14-12(9)10/h3,5,7,11,14H,2,4,6,8,13H2,1H3. The lowest BCUT2D eigenvalue weighted by Gasteiger charge is -2.23. The summed E-state index contributed by atoms with van der Waals surface area (Å²) in [5.41, 5.74) is 10.1. The molecule has 2 nitrogen and oxygen atoms in total. The summed E-state index contributed by atoms with van der Waals surface area (Å²) in [7, 11) is 0. The average Bonchev–Trinajstić information content (AvgIpc) is 2.27. The van der Waals surface area contributed by atoms with E-state index in [1.54, 1.807) is 0 Å². The molecule has 1 aliphatic rings. The summed E-state index contributed by atoms with van der Waals surface area (Å²) in [4.78, 5) is 0. The highest BCUT2D eigenvalue weighted by molar-refractivity contribution is 5.60. The topological polar surface area (TPSA) is 38.0 Å². The van der Waals surface area contributed by atoms with Gasteiger partial charge in [-0.1, -0.05) is 25.1 Å². The fourth-order valence-corrected chi connectivity index (χ4v) is 2.07. The Balaban J connectivity index is 2.39. The lowest BCUT2D eigenvalue weighted by atomic mass is 9.95. The smallest absolute Gasteiger partial charge is 0.0421 e. The van der Waals surface area contributed by atoms with Gasteiger partial charge in [0.25, 0.3) is 0 Å². The third-order valence-corrected chi connectivity index (χ3v) is 2.95. The molecule has 0 saturated carbocycles. The molecule has 2 rings (SSSR count). The second kappa shape index (κ2) is 4.01. The highest BCUT2D eigenvalue weighted by Crippen LogP contribution is 2.30. The molecule has 0 bridgehead atoms. The zero-order chi connectivity index (χ0) is 9.97. The summed E-state index contributed by atoms with van der Waals surface area (Å²) in [5, 5.41) is 3.47. The van der Waals surface area contributed by atoms with Gasteiger partial charge < -0.3 is 11.1 Å². The Bertz CT molecular complexity index is 320. The third kappa shape index (κ3) is 1.62. The Morgan fingerprint density at radius 3 is 3.14 bits per heavy atom. The van der Waals surface area contributed by atoms with Gasteiger partial charge >= 0.3 is 0 Å². The normalized spacial score (nSPS) is 17.0. The van der Waals surface area contributed by atoms with Crippen molar-refractivity contribution in [2.75, 3.05) is 11.9 Å². The van der Waals surface area contributed by atoms with E-state index in [0.29, 0.717) is 0 Å². The molecule has 2 heteroatoms. The van der Waals surface area contributed by atoms with E-state index in [-0.39, 0.29) is 6.04 Å². The Hall–Kier alpha value is -1.02. The van der Waals surface area contributed by atoms with Gasteiger partial charge in [-0.05, 0) is 30.4 Å². The van der Waals surface area contributed by atoms with Crippen LogP contribution in [0.25, 0.3) is 0 Å². The van der Waals surface area contributed by atoms with Crippen LogP contribution in [-0.4, -0.2) is 6.54 Å². The van der Waals surface area contributed by atoms with Gasteiger partial charge in [0.05, 0.1) is 0 Å². The number of aryl methyl sites for hydroxylation is 1. The van der Waals surface area contributed by atoms with Crippen LogP contribution in [-0.2, 0) is 6.42 Å². The first kappa shape index (κ1) is 9.53. The van der Waals surface area contributed by atoms with Gasteiger partial charge in [0.1, 0.15) is 0 Å². The molecule has 14 heavy (non-hydrogen) atoms. The van der Waals surface area contributed by atoms with Crippen molar-refractivity contribution in [1.82, 2.24) is 0 Å². The summed E-state index contributed by atoms with van der Waals surface area (Å²) >= 11 is 0. The van der Waals surface area contributed by atoms with E-state index >= 15 is 0 Å². The fourth-order valence-electron chi connectivity index (χ4n) is 2.07. The molecule has 0 spiro atoms. The van der Waals surface area contributed by atoms with E-state index in [1.807, 2.05) is 0 Å². The Morgan fingerprint density at radius 2 is 2.36 bits per heavy atom. The predicted molar refractivity (Wildman–Crippen MR) is 60.5 cm³/mol. The molecule has 1 unspecified atom stereocenters. The number of fused-ring (bicyclic) bond motifs is 1. The van der Waals surface area contributed by atoms with Gasteiger partial charge in [-0.25, -0.2) is 0 Å². The van der Waals surface area contributed by atoms with Crippen LogP contribution in [0.2, 0.25) is 0 Å². The fraction of sp³-hybridized carbons (Fsp3) is 0.500. The molecule has 0 aliphatic carbocycles. The maximum absolute atomic E-state index is 6.08. The lowest BCUT2D eigenvalue weighted by molar-refractivity contribution is 0.693. The number of para-hydroxylation sites is 1. The summed E-state index contributed by atoms with van der Waals surface area (Å²) in [5.74, 6) is 0. The molecule has 76 valence electrons. The third-order valence-electron chi connectivity index (χ3n) is 2.95.